The van der Waals surface area contributed by atoms with E-state index in [1.165, 1.54) is 44.8 Å². The Morgan fingerprint density at radius 2 is 0.936 bits per heavy atom. The van der Waals surface area contributed by atoms with Crippen LogP contribution in [0.25, 0.3) is 22.3 Å². The van der Waals surface area contributed by atoms with Crippen molar-refractivity contribution in [3.63, 3.8) is 0 Å². The summed E-state index contributed by atoms with van der Waals surface area (Å²) in [6.45, 7) is 8.46. The summed E-state index contributed by atoms with van der Waals surface area (Å²) in [6.07, 6.45) is 0. The van der Waals surface area contributed by atoms with E-state index in [-0.39, 0.29) is 0 Å². The van der Waals surface area contributed by atoms with Gasteiger partial charge >= 0.3 is 7.12 Å². The van der Waals surface area contributed by atoms with Crippen LogP contribution >= 0.6 is 0 Å². The first-order chi connectivity index (χ1) is 22.8. The lowest BCUT2D eigenvalue weighted by atomic mass is 9.64. The number of nitrogens with zero attached hydrogens (tertiary/aromatic N) is 1. The van der Waals surface area contributed by atoms with Crippen molar-refractivity contribution in [3.8, 4) is 22.3 Å². The highest BCUT2D eigenvalue weighted by Gasteiger charge is 2.53. The van der Waals surface area contributed by atoms with Gasteiger partial charge in [-0.3, -0.25) is 0 Å². The fourth-order valence-electron chi connectivity index (χ4n) is 8.02. The fraction of sp³-hybridized carbons (Fsp3) is 0.163. The molecule has 0 amide bonds. The summed E-state index contributed by atoms with van der Waals surface area (Å²) in [5, 5.41) is 0. The molecular weight excluding hydrogens is 573 g/mol. The van der Waals surface area contributed by atoms with Crippen LogP contribution < -0.4 is 10.4 Å². The Morgan fingerprint density at radius 3 is 1.49 bits per heavy atom. The second-order valence-corrected chi connectivity index (χ2v) is 14.0. The maximum absolute atomic E-state index is 6.64. The Balaban J connectivity index is 1.32. The van der Waals surface area contributed by atoms with E-state index in [0.717, 1.165) is 22.3 Å². The summed E-state index contributed by atoms with van der Waals surface area (Å²) in [5.41, 5.74) is 13.2. The molecule has 0 radical (unpaired) electrons. The van der Waals surface area contributed by atoms with Gasteiger partial charge in [0.1, 0.15) is 0 Å². The quantitative estimate of drug-likeness (QED) is 0.186. The normalized spacial score (nSPS) is 17.6. The van der Waals surface area contributed by atoms with Gasteiger partial charge in [0.15, 0.2) is 0 Å². The van der Waals surface area contributed by atoms with Crippen molar-refractivity contribution in [1.82, 2.24) is 0 Å². The largest absolute Gasteiger partial charge is 0.494 e. The van der Waals surface area contributed by atoms with Crippen LogP contribution in [0.3, 0.4) is 0 Å². The van der Waals surface area contributed by atoms with Gasteiger partial charge in [0.2, 0.25) is 0 Å². The van der Waals surface area contributed by atoms with E-state index in [0.29, 0.717) is 0 Å². The zero-order valence-corrected chi connectivity index (χ0v) is 27.2. The molecule has 0 saturated carbocycles. The van der Waals surface area contributed by atoms with Gasteiger partial charge in [-0.25, -0.2) is 0 Å². The third-order valence-corrected chi connectivity index (χ3v) is 10.9. The third-order valence-electron chi connectivity index (χ3n) is 10.9. The van der Waals surface area contributed by atoms with E-state index in [9.17, 15) is 0 Å². The Hall–Kier alpha value is -4.90. The molecule has 1 aliphatic carbocycles. The van der Waals surface area contributed by atoms with Gasteiger partial charge in [-0.15, -0.1) is 0 Å². The number of hydrogen-bond acceptors (Lipinski definition) is 3. The van der Waals surface area contributed by atoms with Gasteiger partial charge in [0.25, 0.3) is 0 Å². The molecule has 3 aliphatic rings. The highest BCUT2D eigenvalue weighted by molar-refractivity contribution is 6.62. The molecule has 47 heavy (non-hydrogen) atoms. The molecule has 4 heteroatoms. The molecule has 228 valence electrons. The molecule has 0 bridgehead atoms. The maximum atomic E-state index is 6.64. The molecule has 0 N–H and O–H groups in total. The minimum atomic E-state index is -0.488. The maximum Gasteiger partial charge on any atom is 0.494 e. The minimum absolute atomic E-state index is 0.442. The van der Waals surface area contributed by atoms with Crippen LogP contribution in [-0.2, 0) is 14.7 Å². The lowest BCUT2D eigenvalue weighted by Gasteiger charge is -2.45. The first-order valence-electron chi connectivity index (χ1n) is 16.5. The van der Waals surface area contributed by atoms with Crippen LogP contribution in [0.1, 0.15) is 49.9 Å². The second-order valence-electron chi connectivity index (χ2n) is 14.0. The number of hydrogen-bond donors (Lipinski definition) is 0. The Kier molecular flexibility index (Phi) is 6.06. The average molecular weight is 610 g/mol. The topological polar surface area (TPSA) is 21.7 Å². The van der Waals surface area contributed by atoms with Crippen LogP contribution in [-0.4, -0.2) is 18.3 Å². The molecule has 1 spiro atoms. The summed E-state index contributed by atoms with van der Waals surface area (Å²) in [4.78, 5) is 2.45. The summed E-state index contributed by atoms with van der Waals surface area (Å²) >= 11 is 0. The molecule has 6 aromatic carbocycles. The van der Waals surface area contributed by atoms with E-state index in [1.807, 2.05) is 0 Å². The molecule has 1 saturated heterocycles. The van der Waals surface area contributed by atoms with Gasteiger partial charge in [-0.1, -0.05) is 121 Å². The van der Waals surface area contributed by atoms with E-state index < -0.39 is 23.7 Å². The van der Waals surface area contributed by atoms with E-state index in [2.05, 4.69) is 178 Å². The van der Waals surface area contributed by atoms with Gasteiger partial charge in [0, 0.05) is 5.69 Å². The van der Waals surface area contributed by atoms with Crippen molar-refractivity contribution in [2.75, 3.05) is 4.90 Å². The minimum Gasteiger partial charge on any atom is -0.399 e. The molecule has 1 fully saturated rings. The lowest BCUT2D eigenvalue weighted by Crippen LogP contribution is -2.41. The van der Waals surface area contributed by atoms with Gasteiger partial charge in [-0.2, -0.15) is 0 Å². The summed E-state index contributed by atoms with van der Waals surface area (Å²) in [6, 6.07) is 53.2. The smallest absolute Gasteiger partial charge is 0.399 e. The highest BCUT2D eigenvalue weighted by atomic mass is 16.7. The predicted octanol–water partition coefficient (Wildman–Crippen LogP) is 9.80. The number of anilines is 3. The van der Waals surface area contributed by atoms with Crippen molar-refractivity contribution in [3.05, 3.63) is 168 Å². The van der Waals surface area contributed by atoms with Gasteiger partial charge in [0.05, 0.1) is 28.0 Å². The molecule has 0 unspecified atom stereocenters. The second kappa shape index (κ2) is 10.1. The molecular formula is C43H36BNO2. The van der Waals surface area contributed by atoms with Crippen molar-refractivity contribution in [1.29, 1.82) is 0 Å². The van der Waals surface area contributed by atoms with Crippen LogP contribution in [0.5, 0.6) is 0 Å². The monoisotopic (exact) mass is 609 g/mol. The van der Waals surface area contributed by atoms with Crippen molar-refractivity contribution < 1.29 is 9.31 Å². The Morgan fingerprint density at radius 1 is 0.468 bits per heavy atom. The van der Waals surface area contributed by atoms with Crippen LogP contribution in [0.4, 0.5) is 17.1 Å². The molecule has 9 rings (SSSR count). The number of para-hydroxylation sites is 2. The fourth-order valence-corrected chi connectivity index (χ4v) is 8.02. The first kappa shape index (κ1) is 28.3. The summed E-state index contributed by atoms with van der Waals surface area (Å²) in [5.74, 6) is 0. The molecule has 0 aromatic heterocycles. The SMILES string of the molecule is CC1(C)OB(c2cc(-c3ccccc3)cc(N3c4ccccc4C4(c5ccccc5-c5ccccc54)c4ccccc43)c2)OC1(C)C. The van der Waals surface area contributed by atoms with E-state index in [4.69, 9.17) is 9.31 Å². The lowest BCUT2D eigenvalue weighted by molar-refractivity contribution is 0.00578. The molecule has 2 aliphatic heterocycles. The predicted molar refractivity (Wildman–Crippen MR) is 193 cm³/mol. The van der Waals surface area contributed by atoms with Crippen LogP contribution in [0, 0.1) is 0 Å². The van der Waals surface area contributed by atoms with E-state index in [1.54, 1.807) is 0 Å². The third kappa shape index (κ3) is 3.95. The molecule has 3 nitrogen and oxygen atoms in total. The molecule has 6 aromatic rings. The Bertz CT molecular complexity index is 2080. The average Bonchev–Trinajstić information content (AvgIpc) is 3.52. The number of benzene rings is 6. The Labute approximate surface area is 277 Å². The number of rotatable bonds is 3. The van der Waals surface area contributed by atoms with Gasteiger partial charge < -0.3 is 14.2 Å². The summed E-state index contributed by atoms with van der Waals surface area (Å²) < 4.78 is 13.3. The van der Waals surface area contributed by atoms with Crippen molar-refractivity contribution in [2.45, 2.75) is 44.3 Å². The van der Waals surface area contributed by atoms with E-state index >= 15 is 0 Å². The van der Waals surface area contributed by atoms with Crippen LogP contribution in [0.15, 0.2) is 146 Å². The van der Waals surface area contributed by atoms with Gasteiger partial charge in [-0.05, 0) is 102 Å². The van der Waals surface area contributed by atoms with Crippen molar-refractivity contribution >= 4 is 29.6 Å². The molecule has 0 atom stereocenters. The summed E-state index contributed by atoms with van der Waals surface area (Å²) in [7, 11) is -0.488. The zero-order chi connectivity index (χ0) is 32.0. The zero-order valence-electron chi connectivity index (χ0n) is 27.2. The van der Waals surface area contributed by atoms with Crippen LogP contribution in [0.2, 0.25) is 0 Å². The first-order valence-corrected chi connectivity index (χ1v) is 16.5. The highest BCUT2D eigenvalue weighted by Crippen LogP contribution is 2.63. The molecule has 2 heterocycles. The standard InChI is InChI=1S/C43H36BNO2/c1-41(2)42(3,4)47-44(46-41)31-26-30(29-16-6-5-7-17-29)27-32(28-31)45-39-24-14-12-22-37(39)43(38-23-13-15-25-40(38)45)35-20-10-8-18-33(35)34-19-9-11-21-36(34)43/h5-28H,1-4H3. The van der Waals surface area contributed by atoms with Crippen molar-refractivity contribution in [2.24, 2.45) is 0 Å². The number of fused-ring (bicyclic) bond motifs is 9.